The number of hydrogen-bond donors (Lipinski definition) is 2. The van der Waals surface area contributed by atoms with E-state index in [1.807, 2.05) is 7.05 Å². The second kappa shape index (κ2) is 4.24. The first-order valence-electron chi connectivity index (χ1n) is 5.02. The number of likely N-dealkylation sites (N-methyl/N-ethyl adjacent to an activating group) is 1. The third kappa shape index (κ3) is 3.11. The maximum atomic E-state index is 3.58. The number of hydrogen-bond acceptors (Lipinski definition) is 2. The van der Waals surface area contributed by atoms with Crippen molar-refractivity contribution >= 4 is 0 Å². The Morgan fingerprint density at radius 3 is 2.58 bits per heavy atom. The van der Waals surface area contributed by atoms with Gasteiger partial charge in [-0.25, -0.2) is 0 Å². The predicted molar refractivity (Wildman–Crippen MR) is 53.3 cm³/mol. The molecule has 0 bridgehead atoms. The molecule has 0 aromatic rings. The van der Waals surface area contributed by atoms with Crippen molar-refractivity contribution in [1.29, 1.82) is 0 Å². The normalized spacial score (nSPS) is 27.8. The van der Waals surface area contributed by atoms with Gasteiger partial charge in [0.05, 0.1) is 0 Å². The van der Waals surface area contributed by atoms with Crippen molar-refractivity contribution in [2.45, 2.75) is 39.2 Å². The molecule has 2 N–H and O–H groups in total. The maximum absolute atomic E-state index is 3.58. The van der Waals surface area contributed by atoms with Crippen molar-refractivity contribution in [3.05, 3.63) is 0 Å². The van der Waals surface area contributed by atoms with Crippen LogP contribution in [0.2, 0.25) is 0 Å². The molecular formula is C10H22N2. The van der Waals surface area contributed by atoms with Gasteiger partial charge in [0.15, 0.2) is 0 Å². The summed E-state index contributed by atoms with van der Waals surface area (Å²) in [6.45, 7) is 6.92. The molecule has 0 aliphatic heterocycles. The van der Waals surface area contributed by atoms with E-state index in [1.165, 1.54) is 19.3 Å². The average Bonchev–Trinajstić information content (AvgIpc) is 2.31. The van der Waals surface area contributed by atoms with E-state index in [-0.39, 0.29) is 0 Å². The van der Waals surface area contributed by atoms with Gasteiger partial charge < -0.3 is 10.6 Å². The van der Waals surface area contributed by atoms with Gasteiger partial charge in [0, 0.05) is 19.1 Å². The van der Waals surface area contributed by atoms with Crippen molar-refractivity contribution < 1.29 is 0 Å². The van der Waals surface area contributed by atoms with Gasteiger partial charge in [0.1, 0.15) is 0 Å². The molecule has 2 nitrogen and oxygen atoms in total. The van der Waals surface area contributed by atoms with E-state index in [0.717, 1.165) is 19.1 Å². The summed E-state index contributed by atoms with van der Waals surface area (Å²) in [6.07, 6.45) is 4.08. The third-order valence-electron chi connectivity index (χ3n) is 2.78. The molecule has 0 saturated heterocycles. The Bertz CT molecular complexity index is 132. The van der Waals surface area contributed by atoms with E-state index in [1.54, 1.807) is 0 Å². The topological polar surface area (TPSA) is 24.1 Å². The van der Waals surface area contributed by atoms with Crippen LogP contribution in [0.4, 0.5) is 0 Å². The first kappa shape index (κ1) is 10.0. The minimum absolute atomic E-state index is 0.581. The predicted octanol–water partition coefficient (Wildman–Crippen LogP) is 1.37. The van der Waals surface area contributed by atoms with Crippen LogP contribution in [0.25, 0.3) is 0 Å². The molecule has 1 saturated carbocycles. The van der Waals surface area contributed by atoms with Crippen LogP contribution >= 0.6 is 0 Å². The Balaban J connectivity index is 2.11. The van der Waals surface area contributed by atoms with Crippen molar-refractivity contribution in [3.8, 4) is 0 Å². The van der Waals surface area contributed by atoms with Crippen molar-refractivity contribution in [1.82, 2.24) is 10.6 Å². The molecule has 1 atom stereocenters. The summed E-state index contributed by atoms with van der Waals surface area (Å²) in [6, 6.07) is 0.772. The molecule has 72 valence electrons. The molecule has 0 aromatic carbocycles. The highest BCUT2D eigenvalue weighted by atomic mass is 15.0. The molecule has 0 spiro atoms. The summed E-state index contributed by atoms with van der Waals surface area (Å²) in [4.78, 5) is 0. The van der Waals surface area contributed by atoms with Gasteiger partial charge in [-0.1, -0.05) is 13.8 Å². The molecule has 0 heterocycles. The van der Waals surface area contributed by atoms with Crippen LogP contribution in [-0.2, 0) is 0 Å². The molecule has 0 radical (unpaired) electrons. The third-order valence-corrected chi connectivity index (χ3v) is 2.78. The summed E-state index contributed by atoms with van der Waals surface area (Å²) in [5.74, 6) is 0. The zero-order valence-electron chi connectivity index (χ0n) is 8.61. The summed E-state index contributed by atoms with van der Waals surface area (Å²) in [7, 11) is 2.00. The number of rotatable bonds is 4. The van der Waals surface area contributed by atoms with Crippen LogP contribution in [0.15, 0.2) is 0 Å². The maximum Gasteiger partial charge on any atom is 0.00792 e. The first-order valence-corrected chi connectivity index (χ1v) is 5.02. The van der Waals surface area contributed by atoms with Crippen LogP contribution in [0, 0.1) is 5.41 Å². The van der Waals surface area contributed by atoms with Crippen LogP contribution < -0.4 is 10.6 Å². The van der Waals surface area contributed by atoms with E-state index in [4.69, 9.17) is 0 Å². The smallest absolute Gasteiger partial charge is 0.00792 e. The van der Waals surface area contributed by atoms with Crippen LogP contribution in [0.5, 0.6) is 0 Å². The summed E-state index contributed by atoms with van der Waals surface area (Å²) in [5.41, 5.74) is 0.581. The Morgan fingerprint density at radius 2 is 2.08 bits per heavy atom. The Labute approximate surface area is 76.1 Å². The first-order chi connectivity index (χ1) is 5.64. The van der Waals surface area contributed by atoms with Gasteiger partial charge in [0.25, 0.3) is 0 Å². The zero-order chi connectivity index (χ0) is 9.03. The molecule has 1 aliphatic carbocycles. The fraction of sp³-hybridized carbons (Fsp3) is 1.00. The lowest BCUT2D eigenvalue weighted by Gasteiger charge is -2.17. The monoisotopic (exact) mass is 170 g/mol. The molecule has 0 aromatic heterocycles. The van der Waals surface area contributed by atoms with Crippen molar-refractivity contribution in [2.24, 2.45) is 5.41 Å². The van der Waals surface area contributed by atoms with E-state index in [9.17, 15) is 0 Å². The van der Waals surface area contributed by atoms with Crippen molar-refractivity contribution in [3.63, 3.8) is 0 Å². The fourth-order valence-corrected chi connectivity index (χ4v) is 2.01. The van der Waals surface area contributed by atoms with Crippen LogP contribution in [0.1, 0.15) is 33.1 Å². The molecule has 1 unspecified atom stereocenters. The fourth-order valence-electron chi connectivity index (χ4n) is 2.01. The zero-order valence-corrected chi connectivity index (χ0v) is 8.61. The van der Waals surface area contributed by atoms with Crippen molar-refractivity contribution in [2.75, 3.05) is 20.1 Å². The highest BCUT2D eigenvalue weighted by Crippen LogP contribution is 2.36. The molecule has 1 aliphatic rings. The van der Waals surface area contributed by atoms with E-state index in [0.29, 0.717) is 5.41 Å². The quantitative estimate of drug-likeness (QED) is 0.623. The van der Waals surface area contributed by atoms with E-state index >= 15 is 0 Å². The van der Waals surface area contributed by atoms with Gasteiger partial charge >= 0.3 is 0 Å². The molecular weight excluding hydrogens is 148 g/mol. The summed E-state index contributed by atoms with van der Waals surface area (Å²) < 4.78 is 0. The molecule has 1 fully saturated rings. The second-order valence-electron chi connectivity index (χ2n) is 4.66. The minimum atomic E-state index is 0.581. The standard InChI is InChI=1S/C10H22N2/c1-10(2)5-4-9(8-10)12-7-6-11-3/h9,11-12H,4-8H2,1-3H3. The molecule has 1 rings (SSSR count). The second-order valence-corrected chi connectivity index (χ2v) is 4.66. The highest BCUT2D eigenvalue weighted by molar-refractivity contribution is 4.86. The van der Waals surface area contributed by atoms with Gasteiger partial charge in [-0.15, -0.1) is 0 Å². The lowest BCUT2D eigenvalue weighted by molar-refractivity contribution is 0.365. The highest BCUT2D eigenvalue weighted by Gasteiger charge is 2.29. The SMILES string of the molecule is CNCCNC1CCC(C)(C)C1. The minimum Gasteiger partial charge on any atom is -0.318 e. The molecule has 0 amide bonds. The summed E-state index contributed by atoms with van der Waals surface area (Å²) >= 11 is 0. The molecule has 12 heavy (non-hydrogen) atoms. The average molecular weight is 170 g/mol. The van der Waals surface area contributed by atoms with Gasteiger partial charge in [-0.2, -0.15) is 0 Å². The van der Waals surface area contributed by atoms with Crippen LogP contribution in [-0.4, -0.2) is 26.2 Å². The molecule has 2 heteroatoms. The van der Waals surface area contributed by atoms with Gasteiger partial charge in [-0.05, 0) is 31.7 Å². The van der Waals surface area contributed by atoms with E-state index in [2.05, 4.69) is 24.5 Å². The Morgan fingerprint density at radius 1 is 1.33 bits per heavy atom. The lowest BCUT2D eigenvalue weighted by atomic mass is 9.92. The van der Waals surface area contributed by atoms with E-state index < -0.39 is 0 Å². The van der Waals surface area contributed by atoms with Gasteiger partial charge in [0.2, 0.25) is 0 Å². The largest absolute Gasteiger partial charge is 0.318 e. The van der Waals surface area contributed by atoms with Crippen LogP contribution in [0.3, 0.4) is 0 Å². The Kier molecular flexibility index (Phi) is 3.53. The number of nitrogens with one attached hydrogen (secondary N) is 2. The lowest BCUT2D eigenvalue weighted by Crippen LogP contribution is -2.33. The van der Waals surface area contributed by atoms with Gasteiger partial charge in [-0.3, -0.25) is 0 Å². The summed E-state index contributed by atoms with van der Waals surface area (Å²) in [5, 5.41) is 6.73. The Hall–Kier alpha value is -0.0800.